The molecular formula is C28H29N5O. The first-order chi connectivity index (χ1) is 16.5. The van der Waals surface area contributed by atoms with Crippen LogP contribution in [0.1, 0.15) is 6.92 Å². The highest BCUT2D eigenvalue weighted by Gasteiger charge is 2.14. The van der Waals surface area contributed by atoms with E-state index < -0.39 is 0 Å². The Morgan fingerprint density at radius 1 is 0.853 bits per heavy atom. The van der Waals surface area contributed by atoms with Crippen molar-refractivity contribution in [3.05, 3.63) is 79.0 Å². The summed E-state index contributed by atoms with van der Waals surface area (Å²) >= 11 is 0. The van der Waals surface area contributed by atoms with Crippen molar-refractivity contribution in [2.45, 2.75) is 6.92 Å². The largest absolute Gasteiger partial charge is 0.369 e. The Labute approximate surface area is 200 Å². The zero-order chi connectivity index (χ0) is 23.5. The Morgan fingerprint density at radius 3 is 2.38 bits per heavy atom. The number of pyridine rings is 1. The van der Waals surface area contributed by atoms with E-state index in [-0.39, 0.29) is 5.91 Å². The van der Waals surface area contributed by atoms with E-state index in [9.17, 15) is 4.79 Å². The molecule has 0 unspecified atom stereocenters. The third-order valence-corrected chi connectivity index (χ3v) is 6.27. The molecule has 172 valence electrons. The first-order valence-corrected chi connectivity index (χ1v) is 11.6. The quantitative estimate of drug-likeness (QED) is 0.428. The topological polar surface area (TPSA) is 60.5 Å². The first kappa shape index (κ1) is 21.9. The third kappa shape index (κ3) is 4.87. The summed E-state index contributed by atoms with van der Waals surface area (Å²) < 4.78 is 0. The van der Waals surface area contributed by atoms with Crippen LogP contribution in [-0.4, -0.2) is 49.0 Å². The smallest absolute Gasteiger partial charge is 0.221 e. The zero-order valence-electron chi connectivity index (χ0n) is 19.6. The summed E-state index contributed by atoms with van der Waals surface area (Å²) in [7, 11) is 2.18. The summed E-state index contributed by atoms with van der Waals surface area (Å²) in [5.41, 5.74) is 7.15. The molecule has 1 aliphatic rings. The molecule has 5 rings (SSSR count). The summed E-state index contributed by atoms with van der Waals surface area (Å²) in [6.45, 7) is 5.83. The zero-order valence-corrected chi connectivity index (χ0v) is 19.6. The van der Waals surface area contributed by atoms with Crippen LogP contribution in [0, 0.1) is 0 Å². The van der Waals surface area contributed by atoms with Crippen LogP contribution < -0.4 is 15.5 Å². The maximum Gasteiger partial charge on any atom is 0.221 e. The molecule has 34 heavy (non-hydrogen) atoms. The van der Waals surface area contributed by atoms with Crippen LogP contribution in [-0.2, 0) is 4.79 Å². The fourth-order valence-electron chi connectivity index (χ4n) is 4.39. The van der Waals surface area contributed by atoms with Crippen molar-refractivity contribution in [3.8, 4) is 11.1 Å². The number of carbonyl (C=O) groups excluding carboxylic acids is 1. The second kappa shape index (κ2) is 9.53. The summed E-state index contributed by atoms with van der Waals surface area (Å²) in [6.07, 6.45) is 1.83. The van der Waals surface area contributed by atoms with Crippen molar-refractivity contribution in [1.29, 1.82) is 0 Å². The Balaban J connectivity index is 1.40. The highest BCUT2D eigenvalue weighted by Crippen LogP contribution is 2.31. The van der Waals surface area contributed by atoms with Crippen molar-refractivity contribution in [1.82, 2.24) is 9.88 Å². The molecule has 2 heterocycles. The van der Waals surface area contributed by atoms with Crippen molar-refractivity contribution in [3.63, 3.8) is 0 Å². The van der Waals surface area contributed by atoms with Crippen molar-refractivity contribution >= 4 is 39.6 Å². The number of hydrogen-bond donors (Lipinski definition) is 2. The number of likely N-dealkylation sites (N-methyl/N-ethyl adjacent to an activating group) is 1. The number of rotatable bonds is 5. The minimum atomic E-state index is -0.0787. The molecule has 2 N–H and O–H groups in total. The van der Waals surface area contributed by atoms with E-state index in [0.29, 0.717) is 0 Å². The molecule has 6 heteroatoms. The second-order valence-electron chi connectivity index (χ2n) is 8.81. The molecule has 4 aromatic rings. The Kier molecular flexibility index (Phi) is 6.14. The fraction of sp³-hybridized carbons (Fsp3) is 0.214. The van der Waals surface area contributed by atoms with Crippen LogP contribution in [0.3, 0.4) is 0 Å². The molecule has 1 aromatic heterocycles. The number of aromatic nitrogens is 1. The Morgan fingerprint density at radius 2 is 1.62 bits per heavy atom. The Bertz CT molecular complexity index is 1310. The maximum atomic E-state index is 11.4. The van der Waals surface area contributed by atoms with Crippen LogP contribution in [0.15, 0.2) is 79.0 Å². The average molecular weight is 452 g/mol. The van der Waals surface area contributed by atoms with Gasteiger partial charge in [-0.25, -0.2) is 0 Å². The fourth-order valence-corrected chi connectivity index (χ4v) is 4.39. The summed E-state index contributed by atoms with van der Waals surface area (Å²) in [4.78, 5) is 20.8. The van der Waals surface area contributed by atoms with E-state index in [0.717, 1.165) is 65.3 Å². The van der Waals surface area contributed by atoms with Gasteiger partial charge in [0, 0.05) is 67.4 Å². The molecule has 0 aliphatic carbocycles. The van der Waals surface area contributed by atoms with Crippen LogP contribution in [0.25, 0.3) is 22.0 Å². The average Bonchev–Trinajstić information content (AvgIpc) is 2.85. The van der Waals surface area contributed by atoms with E-state index in [2.05, 4.69) is 68.9 Å². The SMILES string of the molecule is CC(=O)Nc1cccc(-c2ccc3nccc(Nc4ccc(N5CCN(C)CC5)cc4)c3c2)c1. The molecule has 1 fully saturated rings. The predicted octanol–water partition coefficient (Wildman–Crippen LogP) is 5.36. The number of piperazine rings is 1. The lowest BCUT2D eigenvalue weighted by molar-refractivity contribution is -0.114. The van der Waals surface area contributed by atoms with Gasteiger partial charge in [0.2, 0.25) is 5.91 Å². The predicted molar refractivity (Wildman–Crippen MR) is 141 cm³/mol. The van der Waals surface area contributed by atoms with Gasteiger partial charge in [-0.2, -0.15) is 0 Å². The molecule has 1 aliphatic heterocycles. The van der Waals surface area contributed by atoms with Gasteiger partial charge in [-0.05, 0) is 72.8 Å². The molecule has 1 amide bonds. The third-order valence-electron chi connectivity index (χ3n) is 6.27. The number of fused-ring (bicyclic) bond motifs is 1. The maximum absolute atomic E-state index is 11.4. The van der Waals surface area contributed by atoms with Gasteiger partial charge in [-0.15, -0.1) is 0 Å². The van der Waals surface area contributed by atoms with Crippen LogP contribution in [0.4, 0.5) is 22.7 Å². The van der Waals surface area contributed by atoms with Gasteiger partial charge in [-0.3, -0.25) is 9.78 Å². The van der Waals surface area contributed by atoms with Crippen molar-refractivity contribution in [2.24, 2.45) is 0 Å². The van der Waals surface area contributed by atoms with Gasteiger partial charge < -0.3 is 20.4 Å². The normalized spacial score (nSPS) is 14.2. The number of benzene rings is 3. The van der Waals surface area contributed by atoms with Gasteiger partial charge in [-0.1, -0.05) is 18.2 Å². The molecule has 0 bridgehead atoms. The second-order valence-corrected chi connectivity index (χ2v) is 8.81. The minimum Gasteiger partial charge on any atom is -0.369 e. The molecule has 1 saturated heterocycles. The number of nitrogens with zero attached hydrogens (tertiary/aromatic N) is 3. The number of anilines is 4. The molecular weight excluding hydrogens is 422 g/mol. The van der Waals surface area contributed by atoms with Crippen molar-refractivity contribution < 1.29 is 4.79 Å². The van der Waals surface area contributed by atoms with Gasteiger partial charge in [0.05, 0.1) is 5.52 Å². The van der Waals surface area contributed by atoms with Gasteiger partial charge in [0.1, 0.15) is 0 Å². The van der Waals surface area contributed by atoms with Crippen LogP contribution >= 0.6 is 0 Å². The summed E-state index contributed by atoms with van der Waals surface area (Å²) in [6, 6.07) is 24.8. The summed E-state index contributed by atoms with van der Waals surface area (Å²) in [5.74, 6) is -0.0787. The molecule has 0 saturated carbocycles. The lowest BCUT2D eigenvalue weighted by atomic mass is 10.0. The van der Waals surface area contributed by atoms with E-state index in [1.807, 2.05) is 42.6 Å². The van der Waals surface area contributed by atoms with Gasteiger partial charge in [0.25, 0.3) is 0 Å². The lowest BCUT2D eigenvalue weighted by Gasteiger charge is -2.34. The number of amides is 1. The van der Waals surface area contributed by atoms with E-state index in [1.165, 1.54) is 12.6 Å². The van der Waals surface area contributed by atoms with E-state index in [4.69, 9.17) is 0 Å². The lowest BCUT2D eigenvalue weighted by Crippen LogP contribution is -2.44. The van der Waals surface area contributed by atoms with Crippen LogP contribution in [0.2, 0.25) is 0 Å². The Hall–Kier alpha value is -3.90. The highest BCUT2D eigenvalue weighted by atomic mass is 16.1. The number of nitrogens with one attached hydrogen (secondary N) is 2. The first-order valence-electron chi connectivity index (χ1n) is 11.6. The molecule has 0 radical (unpaired) electrons. The number of hydrogen-bond acceptors (Lipinski definition) is 5. The van der Waals surface area contributed by atoms with Gasteiger partial charge >= 0.3 is 0 Å². The van der Waals surface area contributed by atoms with Gasteiger partial charge in [0.15, 0.2) is 0 Å². The highest BCUT2D eigenvalue weighted by molar-refractivity contribution is 5.96. The molecule has 0 spiro atoms. The molecule has 3 aromatic carbocycles. The van der Waals surface area contributed by atoms with E-state index >= 15 is 0 Å². The van der Waals surface area contributed by atoms with E-state index in [1.54, 1.807) is 0 Å². The number of carbonyl (C=O) groups is 1. The van der Waals surface area contributed by atoms with Crippen molar-refractivity contribution in [2.75, 3.05) is 48.8 Å². The molecule has 0 atom stereocenters. The van der Waals surface area contributed by atoms with Crippen LogP contribution in [0.5, 0.6) is 0 Å². The minimum absolute atomic E-state index is 0.0787. The molecule has 6 nitrogen and oxygen atoms in total. The standard InChI is InChI=1S/C28H29N5O/c1-20(34)30-24-5-3-4-21(18-24)22-6-11-27-26(19-22)28(12-13-29-27)31-23-7-9-25(10-8-23)33-16-14-32(2)15-17-33/h3-13,18-19H,14-17H2,1-2H3,(H,29,31)(H,30,34). The monoisotopic (exact) mass is 451 g/mol. The summed E-state index contributed by atoms with van der Waals surface area (Å²) in [5, 5.41) is 7.48.